The van der Waals surface area contributed by atoms with Crippen LogP contribution in [0.1, 0.15) is 27.2 Å². The molecule has 8 nitrogen and oxygen atoms in total. The van der Waals surface area contributed by atoms with Gasteiger partial charge in [-0.25, -0.2) is 0 Å². The molecule has 0 spiro atoms. The summed E-state index contributed by atoms with van der Waals surface area (Å²) in [5.74, 6) is -1.64. The van der Waals surface area contributed by atoms with Crippen LogP contribution in [0.5, 0.6) is 0 Å². The van der Waals surface area contributed by atoms with Crippen LogP contribution in [0.25, 0.3) is 0 Å². The third kappa shape index (κ3) is 6.56. The fourth-order valence-corrected chi connectivity index (χ4v) is 2.45. The van der Waals surface area contributed by atoms with E-state index in [4.69, 9.17) is 0 Å². The van der Waals surface area contributed by atoms with E-state index in [0.29, 0.717) is 13.0 Å². The van der Waals surface area contributed by atoms with Gasteiger partial charge in [-0.15, -0.1) is 0 Å². The van der Waals surface area contributed by atoms with Crippen molar-refractivity contribution in [3.8, 4) is 0 Å². The van der Waals surface area contributed by atoms with Crippen LogP contribution in [-0.4, -0.2) is 72.8 Å². The Hall–Kier alpha value is -2.38. The minimum Gasteiger partial charge on any atom is -0.468 e. The van der Waals surface area contributed by atoms with Gasteiger partial charge < -0.3 is 19.9 Å². The average molecular weight is 353 g/mol. The molecule has 0 radical (unpaired) electrons. The Morgan fingerprint density at radius 2 is 2.00 bits per heavy atom. The van der Waals surface area contributed by atoms with Gasteiger partial charge in [0, 0.05) is 20.0 Å². The predicted molar refractivity (Wildman–Crippen MR) is 91.4 cm³/mol. The quantitative estimate of drug-likeness (QED) is 0.566. The van der Waals surface area contributed by atoms with Crippen LogP contribution in [0, 0.1) is 5.92 Å². The summed E-state index contributed by atoms with van der Waals surface area (Å²) in [4.78, 5) is 51.1. The fraction of sp³-hybridized carbons (Fsp3) is 0.647. The first-order valence-electron chi connectivity index (χ1n) is 8.31. The number of hydrogen-bond acceptors (Lipinski definition) is 5. The molecule has 8 heteroatoms. The Kier molecular flexibility index (Phi) is 8.10. The summed E-state index contributed by atoms with van der Waals surface area (Å²) < 4.78 is 4.64. The number of rotatable bonds is 3. The van der Waals surface area contributed by atoms with E-state index in [9.17, 15) is 19.2 Å². The van der Waals surface area contributed by atoms with Gasteiger partial charge in [-0.3, -0.25) is 19.2 Å². The summed E-state index contributed by atoms with van der Waals surface area (Å²) in [5.41, 5.74) is 0. The van der Waals surface area contributed by atoms with Gasteiger partial charge in [-0.05, 0) is 12.3 Å². The second kappa shape index (κ2) is 9.80. The van der Waals surface area contributed by atoms with Crippen molar-refractivity contribution >= 4 is 23.7 Å². The SMILES string of the molecule is COC(=O)CN1C/C=C\CCN(C(C)=O)CC(=O)N[C@@H](C(C)C)C1=O. The Morgan fingerprint density at radius 3 is 2.56 bits per heavy atom. The maximum Gasteiger partial charge on any atom is 0.325 e. The van der Waals surface area contributed by atoms with Crippen LogP contribution in [0.4, 0.5) is 0 Å². The molecule has 0 bridgehead atoms. The maximum atomic E-state index is 12.8. The smallest absolute Gasteiger partial charge is 0.325 e. The zero-order chi connectivity index (χ0) is 19.0. The van der Waals surface area contributed by atoms with E-state index in [1.54, 1.807) is 6.08 Å². The lowest BCUT2D eigenvalue weighted by Gasteiger charge is -2.30. The second-order valence-corrected chi connectivity index (χ2v) is 6.28. The molecule has 1 aliphatic heterocycles. The minimum absolute atomic E-state index is 0.101. The zero-order valence-corrected chi connectivity index (χ0v) is 15.3. The number of esters is 1. The number of carbonyl (C=O) groups is 4. The Labute approximate surface area is 148 Å². The van der Waals surface area contributed by atoms with Crippen LogP contribution in [0.15, 0.2) is 12.2 Å². The van der Waals surface area contributed by atoms with E-state index in [1.807, 2.05) is 19.9 Å². The first-order chi connectivity index (χ1) is 11.8. The first kappa shape index (κ1) is 20.7. The molecule has 0 aliphatic carbocycles. The second-order valence-electron chi connectivity index (χ2n) is 6.28. The van der Waals surface area contributed by atoms with Gasteiger partial charge in [0.15, 0.2) is 0 Å². The van der Waals surface area contributed by atoms with E-state index < -0.39 is 17.9 Å². The Morgan fingerprint density at radius 1 is 1.32 bits per heavy atom. The lowest BCUT2D eigenvalue weighted by atomic mass is 10.0. The van der Waals surface area contributed by atoms with Crippen LogP contribution in [0.3, 0.4) is 0 Å². The maximum absolute atomic E-state index is 12.8. The third-order valence-corrected chi connectivity index (χ3v) is 3.95. The summed E-state index contributed by atoms with van der Waals surface area (Å²) in [6.07, 6.45) is 4.16. The highest BCUT2D eigenvalue weighted by Gasteiger charge is 2.30. The van der Waals surface area contributed by atoms with E-state index >= 15 is 0 Å². The number of carbonyl (C=O) groups excluding carboxylic acids is 4. The van der Waals surface area contributed by atoms with Crippen molar-refractivity contribution < 1.29 is 23.9 Å². The summed E-state index contributed by atoms with van der Waals surface area (Å²) in [6, 6.07) is -0.779. The van der Waals surface area contributed by atoms with Crippen molar-refractivity contribution in [1.29, 1.82) is 0 Å². The molecule has 1 aliphatic rings. The number of ether oxygens (including phenoxy) is 1. The van der Waals surface area contributed by atoms with E-state index in [-0.39, 0.29) is 37.4 Å². The summed E-state index contributed by atoms with van der Waals surface area (Å²) in [6.45, 7) is 5.39. The molecule has 140 valence electrons. The van der Waals surface area contributed by atoms with Crippen molar-refractivity contribution in [2.45, 2.75) is 33.2 Å². The molecule has 0 aromatic rings. The molecular weight excluding hydrogens is 326 g/mol. The molecule has 0 aromatic carbocycles. The molecular formula is C17H27N3O5. The molecule has 0 unspecified atom stereocenters. The van der Waals surface area contributed by atoms with Crippen LogP contribution < -0.4 is 5.32 Å². The normalized spacial score (nSPS) is 21.2. The molecule has 3 amide bonds. The average Bonchev–Trinajstić information content (AvgIpc) is 2.54. The van der Waals surface area contributed by atoms with Gasteiger partial charge >= 0.3 is 5.97 Å². The van der Waals surface area contributed by atoms with Crippen LogP contribution in [0.2, 0.25) is 0 Å². The van der Waals surface area contributed by atoms with Crippen molar-refractivity contribution in [3.05, 3.63) is 12.2 Å². The zero-order valence-electron chi connectivity index (χ0n) is 15.3. The lowest BCUT2D eigenvalue weighted by Crippen LogP contribution is -2.54. The number of amides is 3. The standard InChI is InChI=1S/C17H27N3O5/c1-12(2)16-17(24)20(11-15(23)25-4)9-7-5-6-8-19(13(3)21)10-14(22)18-16/h5,7,12,16H,6,8-11H2,1-4H3,(H,18,22)/b7-5-/t16-/m0/s1. The van der Waals surface area contributed by atoms with Gasteiger partial charge in [0.05, 0.1) is 13.7 Å². The summed E-state index contributed by atoms with van der Waals surface area (Å²) >= 11 is 0. The number of hydrogen-bond donors (Lipinski definition) is 1. The van der Waals surface area contributed by atoms with Crippen LogP contribution >= 0.6 is 0 Å². The molecule has 1 atom stereocenters. The van der Waals surface area contributed by atoms with Gasteiger partial charge in [-0.2, -0.15) is 0 Å². The van der Waals surface area contributed by atoms with Gasteiger partial charge in [0.2, 0.25) is 17.7 Å². The molecule has 0 aromatic heterocycles. The third-order valence-electron chi connectivity index (χ3n) is 3.95. The van der Waals surface area contributed by atoms with E-state index in [2.05, 4.69) is 10.1 Å². The van der Waals surface area contributed by atoms with Crippen molar-refractivity contribution in [2.75, 3.05) is 33.3 Å². The van der Waals surface area contributed by atoms with E-state index in [1.165, 1.54) is 23.8 Å². The molecule has 1 heterocycles. The van der Waals surface area contributed by atoms with Gasteiger partial charge in [-0.1, -0.05) is 26.0 Å². The van der Waals surface area contributed by atoms with Gasteiger partial charge in [0.25, 0.3) is 0 Å². The highest BCUT2D eigenvalue weighted by atomic mass is 16.5. The van der Waals surface area contributed by atoms with Crippen LogP contribution in [-0.2, 0) is 23.9 Å². The summed E-state index contributed by atoms with van der Waals surface area (Å²) in [5, 5.41) is 2.69. The minimum atomic E-state index is -0.779. The molecule has 1 N–H and O–H groups in total. The first-order valence-corrected chi connectivity index (χ1v) is 8.31. The largest absolute Gasteiger partial charge is 0.468 e. The Bertz CT molecular complexity index is 544. The van der Waals surface area contributed by atoms with Crippen molar-refractivity contribution in [1.82, 2.24) is 15.1 Å². The Balaban J connectivity index is 3.06. The number of methoxy groups -OCH3 is 1. The summed E-state index contributed by atoms with van der Waals surface area (Å²) in [7, 11) is 1.26. The lowest BCUT2D eigenvalue weighted by molar-refractivity contribution is -0.148. The van der Waals surface area contributed by atoms with Crippen molar-refractivity contribution in [2.24, 2.45) is 5.92 Å². The van der Waals surface area contributed by atoms with Gasteiger partial charge in [0.1, 0.15) is 12.6 Å². The molecule has 0 saturated heterocycles. The number of nitrogens with one attached hydrogen (secondary N) is 1. The van der Waals surface area contributed by atoms with E-state index in [0.717, 1.165) is 0 Å². The molecule has 0 fully saturated rings. The molecule has 1 rings (SSSR count). The molecule has 0 saturated carbocycles. The fourth-order valence-electron chi connectivity index (χ4n) is 2.45. The van der Waals surface area contributed by atoms with Crippen molar-refractivity contribution in [3.63, 3.8) is 0 Å². The molecule has 25 heavy (non-hydrogen) atoms. The topological polar surface area (TPSA) is 96.0 Å². The number of nitrogens with zero attached hydrogens (tertiary/aromatic N) is 2. The highest BCUT2D eigenvalue weighted by Crippen LogP contribution is 2.09. The predicted octanol–water partition coefficient (Wildman–Crippen LogP) is -0.0628. The highest BCUT2D eigenvalue weighted by molar-refractivity contribution is 5.91. The monoisotopic (exact) mass is 353 g/mol.